The molecule has 3 rings (SSSR count). The fraction of sp³-hybridized carbons (Fsp3) is 0.294. The molecule has 0 spiro atoms. The summed E-state index contributed by atoms with van der Waals surface area (Å²) in [6, 6.07) is 9.24. The maximum absolute atomic E-state index is 12.6. The third-order valence-corrected chi connectivity index (χ3v) is 5.90. The molecule has 1 fully saturated rings. The second-order valence-electron chi connectivity index (χ2n) is 5.71. The SMILES string of the molecule is O=C(NCc1ccc(S(=O)(=O)N2CCOCC2)cc1)c1ncccc1O. The van der Waals surface area contributed by atoms with E-state index in [0.717, 1.165) is 5.56 Å². The molecule has 0 aliphatic carbocycles. The Hall–Kier alpha value is -2.49. The Morgan fingerprint density at radius 1 is 1.19 bits per heavy atom. The third-order valence-electron chi connectivity index (χ3n) is 3.99. The number of aromatic nitrogens is 1. The molecule has 1 amide bonds. The van der Waals surface area contributed by atoms with Gasteiger partial charge < -0.3 is 15.2 Å². The second-order valence-corrected chi connectivity index (χ2v) is 7.65. The zero-order valence-electron chi connectivity index (χ0n) is 14.0. The van der Waals surface area contributed by atoms with Gasteiger partial charge in [0.25, 0.3) is 5.91 Å². The van der Waals surface area contributed by atoms with Gasteiger partial charge in [0, 0.05) is 25.8 Å². The van der Waals surface area contributed by atoms with E-state index in [2.05, 4.69) is 10.3 Å². The van der Waals surface area contributed by atoms with E-state index in [0.29, 0.717) is 26.3 Å². The highest BCUT2D eigenvalue weighted by Gasteiger charge is 2.26. The Balaban J connectivity index is 1.64. The molecule has 1 aliphatic heterocycles. The Labute approximate surface area is 151 Å². The van der Waals surface area contributed by atoms with Crippen LogP contribution in [0.15, 0.2) is 47.5 Å². The van der Waals surface area contributed by atoms with E-state index in [4.69, 9.17) is 4.74 Å². The average molecular weight is 377 g/mol. The van der Waals surface area contributed by atoms with Gasteiger partial charge in [-0.25, -0.2) is 13.4 Å². The maximum atomic E-state index is 12.6. The molecule has 1 aliphatic rings. The molecule has 2 aromatic rings. The summed E-state index contributed by atoms with van der Waals surface area (Å²) in [6.07, 6.45) is 1.42. The van der Waals surface area contributed by atoms with E-state index >= 15 is 0 Å². The van der Waals surface area contributed by atoms with Crippen LogP contribution in [-0.4, -0.2) is 55.0 Å². The number of hydrogen-bond donors (Lipinski definition) is 2. The van der Waals surface area contributed by atoms with E-state index in [9.17, 15) is 18.3 Å². The van der Waals surface area contributed by atoms with E-state index in [1.54, 1.807) is 12.1 Å². The number of carbonyl (C=O) groups excluding carboxylic acids is 1. The molecular formula is C17H19N3O5S. The molecule has 9 heteroatoms. The van der Waals surface area contributed by atoms with E-state index in [1.807, 2.05) is 0 Å². The lowest BCUT2D eigenvalue weighted by Crippen LogP contribution is -2.40. The number of pyridine rings is 1. The number of carbonyl (C=O) groups is 1. The molecule has 138 valence electrons. The molecule has 0 saturated carbocycles. The smallest absolute Gasteiger partial charge is 0.273 e. The van der Waals surface area contributed by atoms with Gasteiger partial charge in [0.15, 0.2) is 5.69 Å². The second kappa shape index (κ2) is 7.81. The Morgan fingerprint density at radius 2 is 1.88 bits per heavy atom. The van der Waals surface area contributed by atoms with Crippen LogP contribution < -0.4 is 5.32 Å². The third kappa shape index (κ3) is 4.01. The number of nitrogens with one attached hydrogen (secondary N) is 1. The van der Waals surface area contributed by atoms with Crippen molar-refractivity contribution in [2.45, 2.75) is 11.4 Å². The van der Waals surface area contributed by atoms with Gasteiger partial charge in [-0.15, -0.1) is 0 Å². The average Bonchev–Trinajstić information content (AvgIpc) is 2.67. The lowest BCUT2D eigenvalue weighted by Gasteiger charge is -2.26. The molecule has 2 N–H and O–H groups in total. The van der Waals surface area contributed by atoms with Crippen LogP contribution in [0.2, 0.25) is 0 Å². The van der Waals surface area contributed by atoms with Gasteiger partial charge in [-0.3, -0.25) is 4.79 Å². The minimum Gasteiger partial charge on any atom is -0.505 e. The zero-order chi connectivity index (χ0) is 18.6. The first-order chi connectivity index (χ1) is 12.5. The van der Waals surface area contributed by atoms with Gasteiger partial charge in [-0.1, -0.05) is 12.1 Å². The lowest BCUT2D eigenvalue weighted by atomic mass is 10.2. The predicted molar refractivity (Wildman–Crippen MR) is 93.1 cm³/mol. The fourth-order valence-electron chi connectivity index (χ4n) is 2.55. The summed E-state index contributed by atoms with van der Waals surface area (Å²) in [4.78, 5) is 16.1. The predicted octanol–water partition coefficient (Wildman–Crippen LogP) is 0.738. The van der Waals surface area contributed by atoms with Crippen LogP contribution in [0, 0.1) is 0 Å². The minimum atomic E-state index is -3.54. The van der Waals surface area contributed by atoms with Crippen molar-refractivity contribution in [2.24, 2.45) is 0 Å². The zero-order valence-corrected chi connectivity index (χ0v) is 14.8. The first kappa shape index (κ1) is 18.3. The summed E-state index contributed by atoms with van der Waals surface area (Å²) in [5.74, 6) is -0.704. The number of nitrogens with zero attached hydrogens (tertiary/aromatic N) is 2. The minimum absolute atomic E-state index is 0.0565. The fourth-order valence-corrected chi connectivity index (χ4v) is 3.96. The largest absolute Gasteiger partial charge is 0.505 e. The Bertz CT molecular complexity index is 878. The van der Waals surface area contributed by atoms with Crippen LogP contribution >= 0.6 is 0 Å². The van der Waals surface area contributed by atoms with E-state index in [-0.39, 0.29) is 22.9 Å². The van der Waals surface area contributed by atoms with Gasteiger partial charge in [-0.05, 0) is 29.8 Å². The highest BCUT2D eigenvalue weighted by Crippen LogP contribution is 2.18. The van der Waals surface area contributed by atoms with Crippen LogP contribution in [0.4, 0.5) is 0 Å². The Morgan fingerprint density at radius 3 is 2.54 bits per heavy atom. The van der Waals surface area contributed by atoms with Gasteiger partial charge >= 0.3 is 0 Å². The summed E-state index contributed by atoms with van der Waals surface area (Å²) in [6.45, 7) is 1.65. The molecule has 0 unspecified atom stereocenters. The first-order valence-electron chi connectivity index (χ1n) is 8.07. The van der Waals surface area contributed by atoms with Crippen LogP contribution in [0.1, 0.15) is 16.1 Å². The van der Waals surface area contributed by atoms with Crippen molar-refractivity contribution in [1.29, 1.82) is 0 Å². The molecule has 8 nitrogen and oxygen atoms in total. The summed E-state index contributed by atoms with van der Waals surface area (Å²) < 4.78 is 31.7. The van der Waals surface area contributed by atoms with Gasteiger partial charge in [0.1, 0.15) is 5.75 Å². The number of benzene rings is 1. The molecule has 1 saturated heterocycles. The molecule has 0 radical (unpaired) electrons. The number of sulfonamides is 1. The molecule has 1 aromatic heterocycles. The standard InChI is InChI=1S/C17H19N3O5S/c21-15-2-1-7-18-16(15)17(22)19-12-13-3-5-14(6-4-13)26(23,24)20-8-10-25-11-9-20/h1-7,21H,8-12H2,(H,19,22). The van der Waals surface area contributed by atoms with Crippen molar-refractivity contribution in [3.63, 3.8) is 0 Å². The summed E-state index contributed by atoms with van der Waals surface area (Å²) >= 11 is 0. The quantitative estimate of drug-likeness (QED) is 0.795. The van der Waals surface area contributed by atoms with Crippen molar-refractivity contribution in [3.8, 4) is 5.75 Å². The van der Waals surface area contributed by atoms with Crippen molar-refractivity contribution >= 4 is 15.9 Å². The highest BCUT2D eigenvalue weighted by molar-refractivity contribution is 7.89. The summed E-state index contributed by atoms with van der Waals surface area (Å²) in [7, 11) is -3.54. The number of ether oxygens (including phenoxy) is 1. The van der Waals surface area contributed by atoms with Gasteiger partial charge in [0.2, 0.25) is 10.0 Å². The topological polar surface area (TPSA) is 109 Å². The molecular weight excluding hydrogens is 358 g/mol. The summed E-state index contributed by atoms with van der Waals surface area (Å²) in [5.41, 5.74) is 0.675. The number of hydrogen-bond acceptors (Lipinski definition) is 6. The maximum Gasteiger partial charge on any atom is 0.273 e. The number of amides is 1. The molecule has 2 heterocycles. The lowest BCUT2D eigenvalue weighted by molar-refractivity contribution is 0.0730. The van der Waals surface area contributed by atoms with E-state index in [1.165, 1.54) is 34.8 Å². The normalized spacial score (nSPS) is 15.5. The number of rotatable bonds is 5. The van der Waals surface area contributed by atoms with Crippen LogP contribution in [0.5, 0.6) is 5.75 Å². The van der Waals surface area contributed by atoms with Crippen LogP contribution in [0.25, 0.3) is 0 Å². The van der Waals surface area contributed by atoms with Gasteiger partial charge in [0.05, 0.1) is 18.1 Å². The van der Waals surface area contributed by atoms with Crippen LogP contribution in [-0.2, 0) is 21.3 Å². The summed E-state index contributed by atoms with van der Waals surface area (Å²) in [5, 5.41) is 12.3. The van der Waals surface area contributed by atoms with Crippen molar-refractivity contribution in [2.75, 3.05) is 26.3 Å². The molecule has 26 heavy (non-hydrogen) atoms. The monoisotopic (exact) mass is 377 g/mol. The highest BCUT2D eigenvalue weighted by atomic mass is 32.2. The Kier molecular flexibility index (Phi) is 5.50. The molecule has 0 bridgehead atoms. The van der Waals surface area contributed by atoms with E-state index < -0.39 is 15.9 Å². The van der Waals surface area contributed by atoms with Crippen molar-refractivity contribution in [3.05, 3.63) is 53.9 Å². The van der Waals surface area contributed by atoms with Gasteiger partial charge in [-0.2, -0.15) is 4.31 Å². The molecule has 0 atom stereocenters. The first-order valence-corrected chi connectivity index (χ1v) is 9.51. The van der Waals surface area contributed by atoms with Crippen molar-refractivity contribution < 1.29 is 23.1 Å². The van der Waals surface area contributed by atoms with Crippen molar-refractivity contribution in [1.82, 2.24) is 14.6 Å². The van der Waals surface area contributed by atoms with Crippen LogP contribution in [0.3, 0.4) is 0 Å². The number of morpholine rings is 1. The number of aromatic hydroxyl groups is 1. The molecule has 1 aromatic carbocycles.